The Morgan fingerprint density at radius 2 is 1.62 bits per heavy atom. The normalized spacial score (nSPS) is 14.8. The van der Waals surface area contributed by atoms with E-state index >= 15 is 0 Å². The van der Waals surface area contributed by atoms with E-state index in [-0.39, 0.29) is 13.2 Å². The fourth-order valence-electron chi connectivity index (χ4n) is 2.42. The van der Waals surface area contributed by atoms with E-state index < -0.39 is 41.9 Å². The maximum absolute atomic E-state index is 13.8. The molecule has 11 heteroatoms. The number of carbonyl (C=O) groups is 2. The lowest BCUT2D eigenvalue weighted by molar-refractivity contribution is -0.266. The molecule has 29 heavy (non-hydrogen) atoms. The van der Waals surface area contributed by atoms with E-state index in [0.717, 1.165) is 19.2 Å². The molecule has 2 atom stereocenters. The van der Waals surface area contributed by atoms with Crippen molar-refractivity contribution < 1.29 is 46.8 Å². The van der Waals surface area contributed by atoms with Crippen molar-refractivity contribution in [3.05, 3.63) is 35.9 Å². The fourth-order valence-corrected chi connectivity index (χ4v) is 2.42. The van der Waals surface area contributed by atoms with Crippen molar-refractivity contribution in [1.29, 1.82) is 0 Å². The van der Waals surface area contributed by atoms with Gasteiger partial charge in [0, 0.05) is 19.8 Å². The molecule has 0 unspecified atom stereocenters. The van der Waals surface area contributed by atoms with Crippen molar-refractivity contribution in [2.75, 3.05) is 47.3 Å². The molecule has 0 saturated carbocycles. The predicted molar refractivity (Wildman–Crippen MR) is 94.3 cm³/mol. The van der Waals surface area contributed by atoms with Crippen LogP contribution >= 0.6 is 0 Å². The number of ether oxygens (including phenoxy) is 4. The molecule has 1 rings (SSSR count). The van der Waals surface area contributed by atoms with Gasteiger partial charge in [0.1, 0.15) is 0 Å². The van der Waals surface area contributed by atoms with Gasteiger partial charge < -0.3 is 29.4 Å². The zero-order valence-electron chi connectivity index (χ0n) is 16.0. The summed E-state index contributed by atoms with van der Waals surface area (Å²) in [5.74, 6) is -3.22. The zero-order valence-corrected chi connectivity index (χ0v) is 16.0. The van der Waals surface area contributed by atoms with Crippen LogP contribution in [0.25, 0.3) is 0 Å². The Labute approximate surface area is 165 Å². The highest BCUT2D eigenvalue weighted by Crippen LogP contribution is 2.42. The van der Waals surface area contributed by atoms with Gasteiger partial charge in [-0.3, -0.25) is 4.79 Å². The van der Waals surface area contributed by atoms with Crippen LogP contribution in [-0.4, -0.2) is 76.5 Å². The fraction of sp³-hybridized carbons (Fsp3) is 0.556. The molecular weight excluding hydrogens is 399 g/mol. The van der Waals surface area contributed by atoms with Crippen molar-refractivity contribution in [3.63, 3.8) is 0 Å². The van der Waals surface area contributed by atoms with Crippen LogP contribution in [0.2, 0.25) is 0 Å². The first-order valence-electron chi connectivity index (χ1n) is 8.56. The van der Waals surface area contributed by atoms with E-state index in [1.807, 2.05) is 5.32 Å². The van der Waals surface area contributed by atoms with Crippen LogP contribution in [0, 0.1) is 0 Å². The molecule has 0 bridgehead atoms. The van der Waals surface area contributed by atoms with Gasteiger partial charge in [-0.25, -0.2) is 4.79 Å². The number of hydrogen-bond acceptors (Lipinski definition) is 6. The number of hydrogen-bond donors (Lipinski definition) is 2. The molecule has 164 valence electrons. The molecule has 2 N–H and O–H groups in total. The Morgan fingerprint density at radius 1 is 1.03 bits per heavy atom. The van der Waals surface area contributed by atoms with E-state index in [2.05, 4.69) is 4.74 Å². The summed E-state index contributed by atoms with van der Waals surface area (Å²) < 4.78 is 61.1. The van der Waals surface area contributed by atoms with Crippen LogP contribution in [-0.2, 0) is 34.1 Å². The van der Waals surface area contributed by atoms with Crippen LogP contribution in [0.5, 0.6) is 0 Å². The molecule has 0 fully saturated rings. The summed E-state index contributed by atoms with van der Waals surface area (Å²) in [7, 11) is 2.22. The third-order valence-corrected chi connectivity index (χ3v) is 3.90. The molecule has 1 amide bonds. The summed E-state index contributed by atoms with van der Waals surface area (Å²) in [6.07, 6.45) is -5.15. The average molecular weight is 423 g/mol. The first-order chi connectivity index (χ1) is 13.7. The van der Waals surface area contributed by atoms with Crippen molar-refractivity contribution in [2.45, 2.75) is 17.8 Å². The zero-order chi connectivity index (χ0) is 21.9. The van der Waals surface area contributed by atoms with E-state index in [9.17, 15) is 27.9 Å². The van der Waals surface area contributed by atoms with Gasteiger partial charge in [0.05, 0.1) is 33.0 Å². The lowest BCUT2D eigenvalue weighted by Crippen LogP contribution is -2.59. The largest absolute Gasteiger partial charge is 0.480 e. The molecule has 0 aliphatic rings. The summed E-state index contributed by atoms with van der Waals surface area (Å²) in [4.78, 5) is 23.9. The van der Waals surface area contributed by atoms with Gasteiger partial charge in [0.2, 0.25) is 0 Å². The third kappa shape index (κ3) is 6.67. The Balaban J connectivity index is 2.86. The third-order valence-electron chi connectivity index (χ3n) is 3.90. The van der Waals surface area contributed by atoms with Gasteiger partial charge in [-0.2, -0.15) is 13.2 Å². The summed E-state index contributed by atoms with van der Waals surface area (Å²) in [6, 6.07) is 4.51. The highest BCUT2D eigenvalue weighted by Gasteiger charge is 2.63. The number of rotatable bonds is 13. The van der Waals surface area contributed by atoms with Gasteiger partial charge in [0.15, 0.2) is 6.04 Å². The maximum atomic E-state index is 13.8. The molecule has 0 heterocycles. The minimum absolute atomic E-state index is 0.0171. The Hall–Kier alpha value is -2.21. The standard InChI is InChI=1S/C18H24F3NO7/c1-26-8-9-28-10-11-29-12-14(15(23)24)22-16(25)17(27-2,18(19,20)21)13-6-4-3-5-7-13/h3-7,14H,8-12H2,1-2H3,(H,22,25)(H,23,24)/t14-,17-/m1/s1. The number of carboxylic acids is 1. The van der Waals surface area contributed by atoms with E-state index in [4.69, 9.17) is 14.2 Å². The van der Waals surface area contributed by atoms with Gasteiger partial charge in [-0.15, -0.1) is 0 Å². The lowest BCUT2D eigenvalue weighted by atomic mass is 9.91. The minimum Gasteiger partial charge on any atom is -0.480 e. The number of carbonyl (C=O) groups excluding carboxylic acids is 1. The van der Waals surface area contributed by atoms with Crippen LogP contribution in [0.15, 0.2) is 30.3 Å². The molecule has 8 nitrogen and oxygen atoms in total. The Bertz CT molecular complexity index is 642. The van der Waals surface area contributed by atoms with Crippen LogP contribution < -0.4 is 5.32 Å². The number of methoxy groups -OCH3 is 2. The van der Waals surface area contributed by atoms with Gasteiger partial charge in [-0.05, 0) is 0 Å². The van der Waals surface area contributed by atoms with Gasteiger partial charge in [0.25, 0.3) is 11.5 Å². The Kier molecular flexibility index (Phi) is 10.0. The number of carboxylic acid groups (broad SMARTS) is 1. The highest BCUT2D eigenvalue weighted by molar-refractivity contribution is 5.91. The molecular formula is C18H24F3NO7. The maximum Gasteiger partial charge on any atom is 0.430 e. The van der Waals surface area contributed by atoms with Crippen LogP contribution in [0.3, 0.4) is 0 Å². The summed E-state index contributed by atoms with van der Waals surface area (Å²) in [6.45, 7) is 0.220. The van der Waals surface area contributed by atoms with Crippen molar-refractivity contribution >= 4 is 11.9 Å². The summed E-state index contributed by atoms with van der Waals surface area (Å²) in [5, 5.41) is 11.1. The van der Waals surface area contributed by atoms with E-state index in [1.165, 1.54) is 25.3 Å². The SMILES string of the molecule is COCCOCCOC[C@@H](NC(=O)[C@](OC)(c1ccccc1)C(F)(F)F)C(=O)O. The number of halogens is 3. The molecule has 1 aromatic rings. The molecule has 1 aromatic carbocycles. The molecule has 0 aliphatic carbocycles. The smallest absolute Gasteiger partial charge is 0.430 e. The first-order valence-corrected chi connectivity index (χ1v) is 8.56. The topological polar surface area (TPSA) is 103 Å². The number of amides is 1. The second-order valence-electron chi connectivity index (χ2n) is 5.79. The second-order valence-corrected chi connectivity index (χ2v) is 5.79. The quantitative estimate of drug-likeness (QED) is 0.462. The lowest BCUT2D eigenvalue weighted by Gasteiger charge is -2.34. The van der Waals surface area contributed by atoms with Crippen molar-refractivity contribution in [3.8, 4) is 0 Å². The average Bonchev–Trinajstić information content (AvgIpc) is 2.67. The minimum atomic E-state index is -5.15. The van der Waals surface area contributed by atoms with Gasteiger partial charge >= 0.3 is 12.1 Å². The monoisotopic (exact) mass is 423 g/mol. The molecule has 0 spiro atoms. The number of alkyl halides is 3. The second kappa shape index (κ2) is 11.7. The number of benzene rings is 1. The number of nitrogens with one attached hydrogen (secondary N) is 1. The predicted octanol–water partition coefficient (Wildman–Crippen LogP) is 1.34. The summed E-state index contributed by atoms with van der Waals surface area (Å²) in [5.41, 5.74) is -3.85. The first kappa shape index (κ1) is 24.8. The van der Waals surface area contributed by atoms with Gasteiger partial charge in [-0.1, -0.05) is 30.3 Å². The molecule has 0 radical (unpaired) electrons. The van der Waals surface area contributed by atoms with E-state index in [0.29, 0.717) is 13.2 Å². The summed E-state index contributed by atoms with van der Waals surface area (Å²) >= 11 is 0. The van der Waals surface area contributed by atoms with Crippen LogP contribution in [0.4, 0.5) is 13.2 Å². The molecule has 0 saturated heterocycles. The Morgan fingerprint density at radius 3 is 2.14 bits per heavy atom. The van der Waals surface area contributed by atoms with E-state index in [1.54, 1.807) is 0 Å². The number of aliphatic carboxylic acids is 1. The molecule has 0 aromatic heterocycles. The van der Waals surface area contributed by atoms with Crippen LogP contribution in [0.1, 0.15) is 5.56 Å². The highest BCUT2D eigenvalue weighted by atomic mass is 19.4. The van der Waals surface area contributed by atoms with Crippen molar-refractivity contribution in [2.24, 2.45) is 0 Å². The van der Waals surface area contributed by atoms with Crippen molar-refractivity contribution in [1.82, 2.24) is 5.32 Å². The molecule has 0 aliphatic heterocycles.